The molecule has 1 aromatic heterocycles. The number of para-hydroxylation sites is 2. The average molecular weight is 483 g/mol. The number of nitrogens with zero attached hydrogens (tertiary/aromatic N) is 2. The lowest BCUT2D eigenvalue weighted by atomic mass is 9.81. The van der Waals surface area contributed by atoms with Crippen LogP contribution in [0.3, 0.4) is 0 Å². The molecule has 2 amide bonds. The number of hydrogen-bond acceptors (Lipinski definition) is 6. The first-order chi connectivity index (χ1) is 16.6. The maximum absolute atomic E-state index is 13.9. The molecule has 0 fully saturated rings. The molecule has 9 heteroatoms. The van der Waals surface area contributed by atoms with Crippen molar-refractivity contribution in [1.29, 1.82) is 0 Å². The molecule has 0 saturated carbocycles. The molecule has 2 aromatic carbocycles. The number of aromatic nitrogens is 2. The number of fused-ring (bicyclic) bond motifs is 1. The maximum Gasteiger partial charge on any atom is 0.272 e. The molecule has 1 heterocycles. The van der Waals surface area contributed by atoms with Crippen LogP contribution in [0.5, 0.6) is 0 Å². The van der Waals surface area contributed by atoms with Gasteiger partial charge in [-0.05, 0) is 69.4 Å². The van der Waals surface area contributed by atoms with Gasteiger partial charge in [-0.1, -0.05) is 24.3 Å². The van der Waals surface area contributed by atoms with E-state index in [-0.39, 0.29) is 25.0 Å². The number of benzene rings is 2. The Morgan fingerprint density at radius 3 is 2.49 bits per heavy atom. The average Bonchev–Trinajstić information content (AvgIpc) is 2.80. The van der Waals surface area contributed by atoms with Gasteiger partial charge in [-0.25, -0.2) is 9.37 Å². The van der Waals surface area contributed by atoms with Crippen molar-refractivity contribution in [3.63, 3.8) is 0 Å². The highest BCUT2D eigenvalue weighted by Crippen LogP contribution is 2.26. The number of nitrogens with one attached hydrogen (secondary N) is 1. The van der Waals surface area contributed by atoms with Crippen LogP contribution in [-0.4, -0.2) is 49.7 Å². The Balaban J connectivity index is 1.88. The monoisotopic (exact) mass is 482 g/mol. The number of amides is 2. The Bertz CT molecular complexity index is 1190. The van der Waals surface area contributed by atoms with Crippen LogP contribution in [0.1, 0.15) is 49.2 Å². The van der Waals surface area contributed by atoms with E-state index in [2.05, 4.69) is 15.3 Å². The topological polar surface area (TPSA) is 138 Å². The van der Waals surface area contributed by atoms with E-state index in [1.807, 2.05) is 6.07 Å². The molecule has 0 radical (unpaired) electrons. The minimum Gasteiger partial charge on any atom is -0.393 e. The van der Waals surface area contributed by atoms with Gasteiger partial charge in [-0.2, -0.15) is 0 Å². The van der Waals surface area contributed by atoms with Gasteiger partial charge in [0.2, 0.25) is 5.91 Å². The predicted octanol–water partition coefficient (Wildman–Crippen LogP) is 2.51. The molecular formula is C26H31FN4O4. The van der Waals surface area contributed by atoms with E-state index in [4.69, 9.17) is 5.73 Å². The van der Waals surface area contributed by atoms with Crippen LogP contribution in [-0.2, 0) is 11.2 Å². The van der Waals surface area contributed by atoms with E-state index in [0.717, 1.165) is 0 Å². The highest BCUT2D eigenvalue weighted by Gasteiger charge is 2.38. The Labute approximate surface area is 203 Å². The SMILES string of the molecule is CC(O)CCC(CC(O)C(C)(Cc1cccc(F)c1)NC(=O)c1cnc2ccccc2n1)C(N)=O. The molecule has 4 unspecified atom stereocenters. The molecule has 0 spiro atoms. The minimum absolute atomic E-state index is 0.0441. The van der Waals surface area contributed by atoms with E-state index < -0.39 is 41.3 Å². The highest BCUT2D eigenvalue weighted by atomic mass is 19.1. The Kier molecular flexibility index (Phi) is 8.48. The molecular weight excluding hydrogens is 451 g/mol. The molecule has 3 aromatic rings. The summed E-state index contributed by atoms with van der Waals surface area (Å²) in [5, 5.41) is 23.7. The largest absolute Gasteiger partial charge is 0.393 e. The van der Waals surface area contributed by atoms with Crippen molar-refractivity contribution >= 4 is 22.8 Å². The van der Waals surface area contributed by atoms with Crippen LogP contribution in [0.25, 0.3) is 11.0 Å². The molecule has 8 nitrogen and oxygen atoms in total. The summed E-state index contributed by atoms with van der Waals surface area (Å²) in [7, 11) is 0. The van der Waals surface area contributed by atoms with E-state index >= 15 is 0 Å². The lowest BCUT2D eigenvalue weighted by Crippen LogP contribution is -2.57. The first kappa shape index (κ1) is 26.2. The molecule has 0 aliphatic heterocycles. The van der Waals surface area contributed by atoms with Gasteiger partial charge in [0.25, 0.3) is 5.91 Å². The lowest BCUT2D eigenvalue weighted by Gasteiger charge is -2.37. The third-order valence-electron chi connectivity index (χ3n) is 6.12. The first-order valence-corrected chi connectivity index (χ1v) is 11.5. The van der Waals surface area contributed by atoms with Crippen LogP contribution in [0.4, 0.5) is 4.39 Å². The number of carbonyl (C=O) groups excluding carboxylic acids is 2. The second kappa shape index (κ2) is 11.3. The van der Waals surface area contributed by atoms with Crippen molar-refractivity contribution in [2.45, 2.75) is 57.3 Å². The van der Waals surface area contributed by atoms with Gasteiger partial charge < -0.3 is 21.3 Å². The van der Waals surface area contributed by atoms with E-state index in [1.165, 1.54) is 18.3 Å². The summed E-state index contributed by atoms with van der Waals surface area (Å²) in [6.45, 7) is 3.23. The minimum atomic E-state index is -1.29. The summed E-state index contributed by atoms with van der Waals surface area (Å²) in [4.78, 5) is 33.8. The number of nitrogens with two attached hydrogens (primary N) is 1. The quantitative estimate of drug-likeness (QED) is 0.331. The van der Waals surface area contributed by atoms with Gasteiger partial charge in [0, 0.05) is 5.92 Å². The molecule has 0 aliphatic carbocycles. The Morgan fingerprint density at radius 1 is 1.11 bits per heavy atom. The number of rotatable bonds is 11. The number of hydrogen-bond donors (Lipinski definition) is 4. The predicted molar refractivity (Wildman–Crippen MR) is 130 cm³/mol. The lowest BCUT2D eigenvalue weighted by molar-refractivity contribution is -0.123. The van der Waals surface area contributed by atoms with Crippen LogP contribution in [0, 0.1) is 11.7 Å². The molecule has 3 rings (SSSR count). The zero-order chi connectivity index (χ0) is 25.6. The Hall–Kier alpha value is -3.43. The zero-order valence-corrected chi connectivity index (χ0v) is 19.8. The molecule has 4 atom stereocenters. The van der Waals surface area contributed by atoms with E-state index in [0.29, 0.717) is 23.0 Å². The van der Waals surface area contributed by atoms with Gasteiger partial charge >= 0.3 is 0 Å². The van der Waals surface area contributed by atoms with Crippen molar-refractivity contribution in [2.24, 2.45) is 11.7 Å². The van der Waals surface area contributed by atoms with Crippen molar-refractivity contribution in [3.05, 3.63) is 71.8 Å². The van der Waals surface area contributed by atoms with E-state index in [1.54, 1.807) is 44.2 Å². The maximum atomic E-state index is 13.9. The van der Waals surface area contributed by atoms with Gasteiger partial charge in [0.1, 0.15) is 11.5 Å². The number of primary amides is 1. The third-order valence-corrected chi connectivity index (χ3v) is 6.12. The summed E-state index contributed by atoms with van der Waals surface area (Å²) >= 11 is 0. The van der Waals surface area contributed by atoms with Crippen LogP contribution < -0.4 is 11.1 Å². The van der Waals surface area contributed by atoms with Gasteiger partial charge in [-0.3, -0.25) is 14.6 Å². The smallest absolute Gasteiger partial charge is 0.272 e. The third kappa shape index (κ3) is 7.03. The molecule has 0 saturated heterocycles. The van der Waals surface area contributed by atoms with Crippen molar-refractivity contribution in [1.82, 2.24) is 15.3 Å². The first-order valence-electron chi connectivity index (χ1n) is 11.5. The normalized spacial score (nSPS) is 15.7. The fraction of sp³-hybridized carbons (Fsp3) is 0.385. The highest BCUT2D eigenvalue weighted by molar-refractivity contribution is 5.94. The van der Waals surface area contributed by atoms with Gasteiger partial charge in [0.05, 0.1) is 35.0 Å². The van der Waals surface area contributed by atoms with Crippen molar-refractivity contribution in [2.75, 3.05) is 0 Å². The van der Waals surface area contributed by atoms with Gasteiger partial charge in [0.15, 0.2) is 0 Å². The summed E-state index contributed by atoms with van der Waals surface area (Å²) in [6, 6.07) is 13.0. The molecule has 186 valence electrons. The van der Waals surface area contributed by atoms with Crippen molar-refractivity contribution < 1.29 is 24.2 Å². The summed E-state index contributed by atoms with van der Waals surface area (Å²) in [5.41, 5.74) is 6.03. The molecule has 35 heavy (non-hydrogen) atoms. The summed E-state index contributed by atoms with van der Waals surface area (Å²) in [6.07, 6.45) is 0.164. The number of halogens is 1. The zero-order valence-electron chi connectivity index (χ0n) is 19.8. The fourth-order valence-electron chi connectivity index (χ4n) is 4.05. The summed E-state index contributed by atoms with van der Waals surface area (Å²) < 4.78 is 13.9. The fourth-order valence-corrected chi connectivity index (χ4v) is 4.05. The Morgan fingerprint density at radius 2 is 1.83 bits per heavy atom. The number of carbonyl (C=O) groups is 2. The molecule has 5 N–H and O–H groups in total. The van der Waals surface area contributed by atoms with Gasteiger partial charge in [-0.15, -0.1) is 0 Å². The van der Waals surface area contributed by atoms with Crippen LogP contribution in [0.15, 0.2) is 54.7 Å². The standard InChI is InChI=1S/C26H31FN4O4/c1-16(32)10-11-18(24(28)34)13-23(33)26(2,14-17-6-5-7-19(27)12-17)31-25(35)22-15-29-20-8-3-4-9-21(20)30-22/h3-9,12,15-16,18,23,32-33H,10-11,13-14H2,1-2H3,(H2,28,34)(H,31,35). The molecule has 0 aliphatic rings. The van der Waals surface area contributed by atoms with Crippen LogP contribution >= 0.6 is 0 Å². The second-order valence-electron chi connectivity index (χ2n) is 9.20. The summed E-state index contributed by atoms with van der Waals surface area (Å²) in [5.74, 6) is -2.34. The molecule has 0 bridgehead atoms. The van der Waals surface area contributed by atoms with Crippen molar-refractivity contribution in [3.8, 4) is 0 Å². The number of aliphatic hydroxyl groups is 2. The van der Waals surface area contributed by atoms with Crippen LogP contribution in [0.2, 0.25) is 0 Å². The number of aliphatic hydroxyl groups excluding tert-OH is 2. The second-order valence-corrected chi connectivity index (χ2v) is 9.20. The van der Waals surface area contributed by atoms with E-state index in [9.17, 15) is 24.2 Å².